The van der Waals surface area contributed by atoms with Crippen molar-refractivity contribution in [3.05, 3.63) is 11.6 Å². The van der Waals surface area contributed by atoms with Crippen LogP contribution in [0.2, 0.25) is 0 Å². The number of hydrogen-bond donors (Lipinski definition) is 1. The van der Waals surface area contributed by atoms with E-state index in [2.05, 4.69) is 4.74 Å². The van der Waals surface area contributed by atoms with Gasteiger partial charge in [0.15, 0.2) is 12.2 Å². The van der Waals surface area contributed by atoms with E-state index in [9.17, 15) is 14.7 Å². The average molecular weight is 242 g/mol. The van der Waals surface area contributed by atoms with Crippen molar-refractivity contribution in [3.63, 3.8) is 0 Å². The summed E-state index contributed by atoms with van der Waals surface area (Å²) in [6.07, 6.45) is -1.35. The molecule has 0 aromatic rings. The molecule has 94 valence electrons. The van der Waals surface area contributed by atoms with Crippen LogP contribution in [0.15, 0.2) is 11.6 Å². The highest BCUT2D eigenvalue weighted by Crippen LogP contribution is 2.29. The number of carbonyl (C=O) groups excluding carboxylic acids is 2. The van der Waals surface area contributed by atoms with E-state index >= 15 is 0 Å². The van der Waals surface area contributed by atoms with Crippen molar-refractivity contribution in [2.24, 2.45) is 0 Å². The lowest BCUT2D eigenvalue weighted by atomic mass is 9.91. The summed E-state index contributed by atoms with van der Waals surface area (Å²) in [5.41, 5.74) is 0.339. The Morgan fingerprint density at radius 3 is 2.94 bits per heavy atom. The Balaban J connectivity index is 2.18. The number of carbonyl (C=O) groups is 2. The van der Waals surface area contributed by atoms with E-state index in [1.54, 1.807) is 6.92 Å². The van der Waals surface area contributed by atoms with Crippen molar-refractivity contribution >= 4 is 11.9 Å². The van der Waals surface area contributed by atoms with Crippen LogP contribution < -0.4 is 0 Å². The number of ether oxygens (including phenoxy) is 3. The molecule has 6 nitrogen and oxygen atoms in total. The van der Waals surface area contributed by atoms with Gasteiger partial charge >= 0.3 is 11.9 Å². The van der Waals surface area contributed by atoms with Gasteiger partial charge < -0.3 is 19.3 Å². The topological polar surface area (TPSA) is 82.1 Å². The van der Waals surface area contributed by atoms with Gasteiger partial charge in [0.2, 0.25) is 0 Å². The molecule has 0 unspecified atom stereocenters. The molecule has 1 aliphatic heterocycles. The summed E-state index contributed by atoms with van der Waals surface area (Å²) < 4.78 is 15.1. The van der Waals surface area contributed by atoms with E-state index in [-0.39, 0.29) is 6.42 Å². The monoisotopic (exact) mass is 242 g/mol. The van der Waals surface area contributed by atoms with Crippen molar-refractivity contribution < 1.29 is 28.9 Å². The molecule has 17 heavy (non-hydrogen) atoms. The number of aliphatic hydroxyl groups excluding tert-OH is 1. The first-order valence-electron chi connectivity index (χ1n) is 5.36. The Kier molecular flexibility index (Phi) is 3.17. The van der Waals surface area contributed by atoms with Gasteiger partial charge in [-0.1, -0.05) is 0 Å². The second-order valence-electron chi connectivity index (χ2n) is 4.10. The van der Waals surface area contributed by atoms with Gasteiger partial charge in [0, 0.05) is 12.0 Å². The second kappa shape index (κ2) is 4.46. The minimum Gasteiger partial charge on any atom is -0.466 e. The number of fused-ring (bicyclic) bond motifs is 1. The summed E-state index contributed by atoms with van der Waals surface area (Å²) in [4.78, 5) is 22.7. The van der Waals surface area contributed by atoms with Crippen LogP contribution >= 0.6 is 0 Å². The molecule has 1 saturated heterocycles. The van der Waals surface area contributed by atoms with Crippen LogP contribution in [-0.2, 0) is 23.8 Å². The molecule has 1 N–H and O–H groups in total. The maximum atomic E-state index is 11.4. The van der Waals surface area contributed by atoms with E-state index in [1.807, 2.05) is 0 Å². The van der Waals surface area contributed by atoms with Crippen LogP contribution in [0, 0.1) is 0 Å². The number of aliphatic hydroxyl groups is 1. The van der Waals surface area contributed by atoms with Gasteiger partial charge in [-0.25, -0.2) is 9.59 Å². The normalized spacial score (nSPS) is 36.6. The quantitative estimate of drug-likeness (QED) is 0.627. The van der Waals surface area contributed by atoms with Crippen LogP contribution in [0.3, 0.4) is 0 Å². The Morgan fingerprint density at radius 1 is 1.59 bits per heavy atom. The lowest BCUT2D eigenvalue weighted by Gasteiger charge is -2.38. The number of hydrogen-bond acceptors (Lipinski definition) is 6. The first-order valence-corrected chi connectivity index (χ1v) is 5.36. The number of rotatable bonds is 1. The van der Waals surface area contributed by atoms with E-state index in [4.69, 9.17) is 9.47 Å². The minimum atomic E-state index is -1.04. The van der Waals surface area contributed by atoms with Crippen molar-refractivity contribution in [1.29, 1.82) is 0 Å². The Morgan fingerprint density at radius 2 is 2.29 bits per heavy atom. The molecule has 0 radical (unpaired) electrons. The Bertz CT molecular complexity index is 374. The molecule has 1 heterocycles. The van der Waals surface area contributed by atoms with Gasteiger partial charge in [-0.15, -0.1) is 0 Å². The van der Waals surface area contributed by atoms with Gasteiger partial charge in [-0.2, -0.15) is 0 Å². The molecule has 0 bridgehead atoms. The average Bonchev–Trinajstić information content (AvgIpc) is 2.30. The molecule has 0 amide bonds. The summed E-state index contributed by atoms with van der Waals surface area (Å²) in [5, 5.41) is 9.78. The van der Waals surface area contributed by atoms with Gasteiger partial charge in [0.25, 0.3) is 0 Å². The smallest absolute Gasteiger partial charge is 0.335 e. The lowest BCUT2D eigenvalue weighted by molar-refractivity contribution is -0.209. The third-order valence-corrected chi connectivity index (χ3v) is 2.91. The summed E-state index contributed by atoms with van der Waals surface area (Å²) in [6, 6.07) is 0. The molecule has 2 aliphatic rings. The summed E-state index contributed by atoms with van der Waals surface area (Å²) >= 11 is 0. The first kappa shape index (κ1) is 12.1. The molecule has 2 rings (SSSR count). The zero-order valence-electron chi connectivity index (χ0n) is 9.58. The van der Waals surface area contributed by atoms with Crippen molar-refractivity contribution in [1.82, 2.24) is 0 Å². The van der Waals surface area contributed by atoms with Gasteiger partial charge in [0.05, 0.1) is 7.11 Å². The zero-order valence-corrected chi connectivity index (χ0v) is 9.58. The predicted octanol–water partition coefficient (Wildman–Crippen LogP) is -0.451. The molecule has 0 saturated carbocycles. The van der Waals surface area contributed by atoms with Crippen molar-refractivity contribution in [2.75, 3.05) is 7.11 Å². The Labute approximate surface area is 98.1 Å². The fraction of sp³-hybridized carbons (Fsp3) is 0.636. The third-order valence-electron chi connectivity index (χ3n) is 2.91. The number of esters is 2. The van der Waals surface area contributed by atoms with Crippen LogP contribution in [0.4, 0.5) is 0 Å². The second-order valence-corrected chi connectivity index (χ2v) is 4.10. The summed E-state index contributed by atoms with van der Waals surface area (Å²) in [7, 11) is 1.27. The molecular weight excluding hydrogens is 228 g/mol. The Hall–Kier alpha value is -1.40. The maximum absolute atomic E-state index is 11.4. The predicted molar refractivity (Wildman–Crippen MR) is 54.9 cm³/mol. The van der Waals surface area contributed by atoms with Crippen molar-refractivity contribution in [2.45, 2.75) is 37.8 Å². The van der Waals surface area contributed by atoms with Gasteiger partial charge in [-0.3, -0.25) is 0 Å². The van der Waals surface area contributed by atoms with Crippen LogP contribution in [0.25, 0.3) is 0 Å². The number of methoxy groups -OCH3 is 1. The highest BCUT2D eigenvalue weighted by Gasteiger charge is 2.43. The fourth-order valence-electron chi connectivity index (χ4n) is 2.02. The summed E-state index contributed by atoms with van der Waals surface area (Å²) in [6.45, 7) is 1.57. The summed E-state index contributed by atoms with van der Waals surface area (Å²) in [5.74, 6) is -1.00. The molecule has 4 atom stereocenters. The lowest BCUT2D eigenvalue weighted by Crippen LogP contribution is -2.52. The van der Waals surface area contributed by atoms with E-state index in [0.29, 0.717) is 5.57 Å². The van der Waals surface area contributed by atoms with Gasteiger partial charge in [0.1, 0.15) is 12.2 Å². The van der Waals surface area contributed by atoms with Gasteiger partial charge in [-0.05, 0) is 13.0 Å². The molecule has 0 aromatic carbocycles. The molecule has 1 aliphatic carbocycles. The van der Waals surface area contributed by atoms with Crippen molar-refractivity contribution in [3.8, 4) is 0 Å². The largest absolute Gasteiger partial charge is 0.466 e. The molecule has 0 aromatic heterocycles. The molecule has 1 fully saturated rings. The van der Waals surface area contributed by atoms with Crippen LogP contribution in [-0.4, -0.2) is 48.6 Å². The standard InChI is InChI=1S/C11H14O6/c1-5-10(13)17-9-7(12)3-6(11(14)15-2)4-8(9)16-5/h3,5,7-9,12H,4H2,1-2H3/t5-,7+,8+,9+/m0/s1. The molecule has 6 heteroatoms. The fourth-order valence-corrected chi connectivity index (χ4v) is 2.02. The molecule has 0 spiro atoms. The highest BCUT2D eigenvalue weighted by atomic mass is 16.6. The van der Waals surface area contributed by atoms with Crippen LogP contribution in [0.1, 0.15) is 13.3 Å². The van der Waals surface area contributed by atoms with E-state index in [0.717, 1.165) is 0 Å². The third kappa shape index (κ3) is 2.18. The van der Waals surface area contributed by atoms with E-state index < -0.39 is 36.4 Å². The minimum absolute atomic E-state index is 0.270. The molecular formula is C11H14O6. The first-order chi connectivity index (χ1) is 8.02. The SMILES string of the molecule is COC(=O)C1=C[C@@H](O)[C@H]2OC(=O)[C@H](C)O[C@@H]2C1. The van der Waals surface area contributed by atoms with E-state index in [1.165, 1.54) is 13.2 Å². The highest BCUT2D eigenvalue weighted by molar-refractivity contribution is 5.89. The zero-order chi connectivity index (χ0) is 12.6. The maximum Gasteiger partial charge on any atom is 0.335 e. The van der Waals surface area contributed by atoms with Crippen LogP contribution in [0.5, 0.6) is 0 Å².